The van der Waals surface area contributed by atoms with Crippen molar-refractivity contribution in [3.63, 3.8) is 0 Å². The van der Waals surface area contributed by atoms with E-state index in [1.54, 1.807) is 24.3 Å². The summed E-state index contributed by atoms with van der Waals surface area (Å²) in [7, 11) is 0. The maximum Gasteiger partial charge on any atom is 0.241 e. The minimum Gasteiger partial charge on any atom is -0.508 e. The lowest BCUT2D eigenvalue weighted by Gasteiger charge is -2.29. The number of nitrogens with zero attached hydrogens (tertiary/aromatic N) is 1. The van der Waals surface area contributed by atoms with Crippen LogP contribution in [0.1, 0.15) is 12.0 Å². The third-order valence-corrected chi connectivity index (χ3v) is 3.80. The van der Waals surface area contributed by atoms with Crippen molar-refractivity contribution in [1.29, 1.82) is 0 Å². The zero-order chi connectivity index (χ0) is 16.7. The van der Waals surface area contributed by atoms with Crippen LogP contribution in [0.2, 0.25) is 0 Å². The second-order valence-electron chi connectivity index (χ2n) is 5.60. The minimum absolute atomic E-state index is 0.192. The minimum atomic E-state index is -0.694. The van der Waals surface area contributed by atoms with Gasteiger partial charge in [0.05, 0.1) is 13.2 Å². The molecule has 0 spiro atoms. The van der Waals surface area contributed by atoms with Gasteiger partial charge in [-0.2, -0.15) is 0 Å². The number of nitrogens with one attached hydrogen (secondary N) is 1. The number of primary amides is 1. The van der Waals surface area contributed by atoms with Crippen molar-refractivity contribution in [2.75, 3.05) is 32.8 Å². The Morgan fingerprint density at radius 1 is 1.26 bits per heavy atom. The van der Waals surface area contributed by atoms with Crippen LogP contribution in [0, 0.1) is 0 Å². The van der Waals surface area contributed by atoms with E-state index in [1.165, 1.54) is 0 Å². The van der Waals surface area contributed by atoms with Crippen LogP contribution >= 0.6 is 0 Å². The second-order valence-corrected chi connectivity index (χ2v) is 5.60. The van der Waals surface area contributed by atoms with E-state index >= 15 is 0 Å². The van der Waals surface area contributed by atoms with Crippen LogP contribution in [-0.4, -0.2) is 60.7 Å². The van der Waals surface area contributed by atoms with Crippen molar-refractivity contribution in [3.8, 4) is 5.75 Å². The number of phenols is 1. The molecule has 1 fully saturated rings. The molecule has 1 atom stereocenters. The van der Waals surface area contributed by atoms with Gasteiger partial charge in [0, 0.05) is 26.1 Å². The Hall–Kier alpha value is -2.12. The Balaban J connectivity index is 1.80. The van der Waals surface area contributed by atoms with Crippen molar-refractivity contribution in [2.45, 2.75) is 18.9 Å². The molecule has 0 aliphatic carbocycles. The van der Waals surface area contributed by atoms with Crippen molar-refractivity contribution in [3.05, 3.63) is 29.8 Å². The number of hydrogen-bond donors (Lipinski definition) is 3. The Morgan fingerprint density at radius 3 is 2.52 bits per heavy atom. The van der Waals surface area contributed by atoms with Gasteiger partial charge in [-0.25, -0.2) is 0 Å². The number of aromatic hydroxyl groups is 1. The fourth-order valence-electron chi connectivity index (χ4n) is 2.44. The molecule has 1 aromatic carbocycles. The molecule has 0 bridgehead atoms. The Morgan fingerprint density at radius 2 is 1.91 bits per heavy atom. The highest BCUT2D eigenvalue weighted by Gasteiger charge is 2.22. The maximum absolute atomic E-state index is 12.0. The first kappa shape index (κ1) is 17.2. The molecule has 1 unspecified atom stereocenters. The van der Waals surface area contributed by atoms with E-state index in [-0.39, 0.29) is 18.1 Å². The van der Waals surface area contributed by atoms with E-state index in [9.17, 15) is 14.7 Å². The van der Waals surface area contributed by atoms with E-state index in [4.69, 9.17) is 10.5 Å². The van der Waals surface area contributed by atoms with Crippen molar-refractivity contribution >= 4 is 11.8 Å². The van der Waals surface area contributed by atoms with Crippen LogP contribution in [0.15, 0.2) is 24.3 Å². The molecule has 1 aliphatic heterocycles. The molecule has 0 radical (unpaired) electrons. The zero-order valence-electron chi connectivity index (χ0n) is 13.0. The molecular formula is C16H23N3O4. The number of carbonyl (C=O) groups excluding carboxylic acids is 2. The molecule has 1 saturated heterocycles. The number of nitrogens with two attached hydrogens (primary N) is 1. The SMILES string of the molecule is NC(=O)C(CN1CCOCC1)NC(=O)CCc1ccc(O)cc1. The fraction of sp³-hybridized carbons (Fsp3) is 0.500. The van der Waals surface area contributed by atoms with E-state index < -0.39 is 11.9 Å². The van der Waals surface area contributed by atoms with E-state index in [0.29, 0.717) is 26.2 Å². The first-order valence-electron chi connectivity index (χ1n) is 7.71. The van der Waals surface area contributed by atoms with Crippen LogP contribution in [0.3, 0.4) is 0 Å². The molecule has 1 heterocycles. The second kappa shape index (κ2) is 8.50. The van der Waals surface area contributed by atoms with Crippen LogP contribution in [0.5, 0.6) is 5.75 Å². The number of morpholine rings is 1. The lowest BCUT2D eigenvalue weighted by Crippen LogP contribution is -2.53. The molecule has 1 aliphatic rings. The molecule has 0 aromatic heterocycles. The smallest absolute Gasteiger partial charge is 0.241 e. The first-order chi connectivity index (χ1) is 11.0. The van der Waals surface area contributed by atoms with Crippen LogP contribution in [0.4, 0.5) is 0 Å². The molecule has 4 N–H and O–H groups in total. The Bertz CT molecular complexity index is 527. The van der Waals surface area contributed by atoms with Gasteiger partial charge < -0.3 is 20.9 Å². The number of rotatable bonds is 7. The molecule has 2 rings (SSSR count). The summed E-state index contributed by atoms with van der Waals surface area (Å²) in [5.74, 6) is -0.554. The summed E-state index contributed by atoms with van der Waals surface area (Å²) in [6.45, 7) is 3.12. The van der Waals surface area contributed by atoms with Gasteiger partial charge in [0.2, 0.25) is 11.8 Å². The summed E-state index contributed by atoms with van der Waals surface area (Å²) in [5.41, 5.74) is 6.33. The summed E-state index contributed by atoms with van der Waals surface area (Å²) in [4.78, 5) is 25.6. The lowest BCUT2D eigenvalue weighted by molar-refractivity contribution is -0.128. The molecule has 23 heavy (non-hydrogen) atoms. The number of amides is 2. The quantitative estimate of drug-likeness (QED) is 0.635. The predicted octanol–water partition coefficient (Wildman–Crippen LogP) is -0.373. The number of hydrogen-bond acceptors (Lipinski definition) is 5. The van der Waals surface area contributed by atoms with Crippen molar-refractivity contribution in [1.82, 2.24) is 10.2 Å². The summed E-state index contributed by atoms with van der Waals surface area (Å²) < 4.78 is 5.26. The van der Waals surface area contributed by atoms with Gasteiger partial charge in [0.25, 0.3) is 0 Å². The van der Waals surface area contributed by atoms with Gasteiger partial charge >= 0.3 is 0 Å². The van der Waals surface area contributed by atoms with Gasteiger partial charge in [-0.05, 0) is 24.1 Å². The number of benzene rings is 1. The third-order valence-electron chi connectivity index (χ3n) is 3.80. The Kier molecular flexibility index (Phi) is 6.37. The van der Waals surface area contributed by atoms with Crippen molar-refractivity contribution in [2.24, 2.45) is 5.73 Å². The van der Waals surface area contributed by atoms with Gasteiger partial charge in [-0.1, -0.05) is 12.1 Å². The van der Waals surface area contributed by atoms with Crippen molar-refractivity contribution < 1.29 is 19.4 Å². The molecule has 2 amide bonds. The number of phenolic OH excluding ortho intramolecular Hbond substituents is 1. The largest absolute Gasteiger partial charge is 0.508 e. The molecule has 126 valence electrons. The van der Waals surface area contributed by atoms with Gasteiger partial charge in [0.15, 0.2) is 0 Å². The standard InChI is InChI=1S/C16H23N3O4/c17-16(22)14(11-19-7-9-23-10-8-19)18-15(21)6-3-12-1-4-13(20)5-2-12/h1-2,4-5,14,20H,3,6-11H2,(H2,17,22)(H,18,21). The third kappa shape index (κ3) is 5.88. The molecular weight excluding hydrogens is 298 g/mol. The number of aryl methyl sites for hydroxylation is 1. The summed E-state index contributed by atoms with van der Waals surface area (Å²) >= 11 is 0. The summed E-state index contributed by atoms with van der Waals surface area (Å²) in [5, 5.41) is 11.9. The average Bonchev–Trinajstić information content (AvgIpc) is 2.54. The molecule has 7 heteroatoms. The van der Waals surface area contributed by atoms with Gasteiger partial charge in [0.1, 0.15) is 11.8 Å². The van der Waals surface area contributed by atoms with Crippen LogP contribution < -0.4 is 11.1 Å². The normalized spacial score (nSPS) is 16.7. The monoisotopic (exact) mass is 321 g/mol. The topological polar surface area (TPSA) is 105 Å². The molecule has 1 aromatic rings. The van der Waals surface area contributed by atoms with Gasteiger partial charge in [-0.15, -0.1) is 0 Å². The van der Waals surface area contributed by atoms with E-state index in [1.807, 2.05) is 0 Å². The Labute approximate surface area is 135 Å². The molecule has 0 saturated carbocycles. The van der Waals surface area contributed by atoms with Crippen LogP contribution in [-0.2, 0) is 20.7 Å². The summed E-state index contributed by atoms with van der Waals surface area (Å²) in [6.07, 6.45) is 0.798. The number of carbonyl (C=O) groups is 2. The van der Waals surface area contributed by atoms with E-state index in [0.717, 1.165) is 18.7 Å². The molecule has 7 nitrogen and oxygen atoms in total. The predicted molar refractivity (Wildman–Crippen MR) is 84.8 cm³/mol. The average molecular weight is 321 g/mol. The summed E-state index contributed by atoms with van der Waals surface area (Å²) in [6, 6.07) is 6.00. The maximum atomic E-state index is 12.0. The fourth-order valence-corrected chi connectivity index (χ4v) is 2.44. The highest BCUT2D eigenvalue weighted by molar-refractivity contribution is 5.86. The van der Waals surface area contributed by atoms with E-state index in [2.05, 4.69) is 10.2 Å². The van der Waals surface area contributed by atoms with Gasteiger partial charge in [-0.3, -0.25) is 14.5 Å². The van der Waals surface area contributed by atoms with Crippen LogP contribution in [0.25, 0.3) is 0 Å². The number of ether oxygens (including phenoxy) is 1. The zero-order valence-corrected chi connectivity index (χ0v) is 13.0. The lowest BCUT2D eigenvalue weighted by atomic mass is 10.1. The highest BCUT2D eigenvalue weighted by atomic mass is 16.5. The highest BCUT2D eigenvalue weighted by Crippen LogP contribution is 2.11. The first-order valence-corrected chi connectivity index (χ1v) is 7.71.